The van der Waals surface area contributed by atoms with Gasteiger partial charge < -0.3 is 29.6 Å². The fourth-order valence-corrected chi connectivity index (χ4v) is 5.58. The number of nitrogens with one attached hydrogen (secondary N) is 2. The molecule has 3 aromatic rings. The molecular formula is C34H40FN5O5. The minimum absolute atomic E-state index is 0.00542. The highest BCUT2D eigenvalue weighted by atomic mass is 19.1. The molecule has 0 bridgehead atoms. The number of hydrogen-bond acceptors (Lipinski definition) is 7. The van der Waals surface area contributed by atoms with Crippen molar-refractivity contribution in [2.24, 2.45) is 0 Å². The van der Waals surface area contributed by atoms with E-state index >= 15 is 0 Å². The molecule has 0 spiro atoms. The number of ether oxygens (including phenoxy) is 2. The van der Waals surface area contributed by atoms with Gasteiger partial charge in [0.2, 0.25) is 0 Å². The van der Waals surface area contributed by atoms with Crippen molar-refractivity contribution in [2.75, 3.05) is 32.6 Å². The van der Waals surface area contributed by atoms with Crippen LogP contribution in [0.3, 0.4) is 0 Å². The van der Waals surface area contributed by atoms with Crippen LogP contribution in [0.25, 0.3) is 11.1 Å². The number of carbonyl (C=O) groups excluding carboxylic acids is 2. The van der Waals surface area contributed by atoms with E-state index in [4.69, 9.17) is 14.5 Å². The van der Waals surface area contributed by atoms with Gasteiger partial charge in [-0.1, -0.05) is 0 Å². The smallest absolute Gasteiger partial charge is 0.263 e. The second kappa shape index (κ2) is 12.7. The standard InChI is InChI=1S/C34H40FN5O5/c1-19(20(2)44-3)36-15-21-11-29(34(43)40(16-21)25-7-8-25)32(41)38-31-13-23(12-30(37-31)22-5-6-22)27-10-9-26(45-4)14-28(27)33(42)39-17-24(35)18-39/h9-14,16,19-20,22,24-25,36H,5-8,15,17-18H2,1-4H3,(H,37,38,41)/t19-,20-/m0/s1. The summed E-state index contributed by atoms with van der Waals surface area (Å²) in [5.74, 6) is 0.232. The number of alkyl halides is 1. The summed E-state index contributed by atoms with van der Waals surface area (Å²) in [6, 6.07) is 10.7. The third-order valence-electron chi connectivity index (χ3n) is 8.96. The first-order chi connectivity index (χ1) is 21.6. The normalized spacial score (nSPS) is 17.8. The number of aromatic nitrogens is 2. The highest BCUT2D eigenvalue weighted by Gasteiger charge is 2.33. The number of amides is 2. The molecule has 2 saturated carbocycles. The molecule has 2 amide bonds. The Labute approximate surface area is 261 Å². The molecule has 10 nitrogen and oxygen atoms in total. The van der Waals surface area contributed by atoms with E-state index < -0.39 is 12.1 Å². The summed E-state index contributed by atoms with van der Waals surface area (Å²) in [6.45, 7) is 4.58. The average molecular weight is 618 g/mol. The number of pyridine rings is 2. The fraction of sp³-hybridized carbons (Fsp3) is 0.471. The summed E-state index contributed by atoms with van der Waals surface area (Å²) in [5, 5.41) is 6.31. The van der Waals surface area contributed by atoms with Crippen molar-refractivity contribution in [1.29, 1.82) is 0 Å². The Morgan fingerprint density at radius 2 is 1.80 bits per heavy atom. The topological polar surface area (TPSA) is 115 Å². The van der Waals surface area contributed by atoms with E-state index in [0.717, 1.165) is 36.9 Å². The van der Waals surface area contributed by atoms with Crippen LogP contribution in [-0.2, 0) is 11.3 Å². The third kappa shape index (κ3) is 6.79. The van der Waals surface area contributed by atoms with Gasteiger partial charge in [0.15, 0.2) is 0 Å². The van der Waals surface area contributed by atoms with Crippen LogP contribution in [0.1, 0.15) is 83.5 Å². The molecule has 3 aliphatic rings. The Balaban J connectivity index is 1.32. The van der Waals surface area contributed by atoms with Crippen LogP contribution in [0, 0.1) is 0 Å². The van der Waals surface area contributed by atoms with Crippen molar-refractivity contribution in [3.63, 3.8) is 0 Å². The molecule has 3 heterocycles. The lowest BCUT2D eigenvalue weighted by Gasteiger charge is -2.34. The zero-order chi connectivity index (χ0) is 31.8. The lowest BCUT2D eigenvalue weighted by molar-refractivity contribution is 0.0400. The monoisotopic (exact) mass is 617 g/mol. The summed E-state index contributed by atoms with van der Waals surface area (Å²) in [6.07, 6.45) is 4.56. The summed E-state index contributed by atoms with van der Waals surface area (Å²) >= 11 is 0. The van der Waals surface area contributed by atoms with Crippen LogP contribution in [0.15, 0.2) is 47.4 Å². The van der Waals surface area contributed by atoms with Gasteiger partial charge in [-0.3, -0.25) is 14.4 Å². The number of likely N-dealkylation sites (tertiary alicyclic amines) is 1. The minimum Gasteiger partial charge on any atom is -0.497 e. The number of rotatable bonds is 12. The van der Waals surface area contributed by atoms with E-state index in [2.05, 4.69) is 10.6 Å². The third-order valence-corrected chi connectivity index (χ3v) is 8.96. The number of halogens is 1. The lowest BCUT2D eigenvalue weighted by Crippen LogP contribution is -2.51. The van der Waals surface area contributed by atoms with Crippen LogP contribution >= 0.6 is 0 Å². The largest absolute Gasteiger partial charge is 0.497 e. The van der Waals surface area contributed by atoms with Crippen molar-refractivity contribution in [3.05, 3.63) is 75.3 Å². The van der Waals surface area contributed by atoms with Crippen LogP contribution in [-0.4, -0.2) is 71.9 Å². The van der Waals surface area contributed by atoms with Crippen LogP contribution in [0.2, 0.25) is 0 Å². The Morgan fingerprint density at radius 3 is 2.44 bits per heavy atom. The van der Waals surface area contributed by atoms with Gasteiger partial charge >= 0.3 is 0 Å². The molecule has 0 unspecified atom stereocenters. The number of methoxy groups -OCH3 is 2. The maximum Gasteiger partial charge on any atom is 0.263 e. The number of carbonyl (C=O) groups is 2. The maximum atomic E-state index is 13.7. The molecule has 1 saturated heterocycles. The highest BCUT2D eigenvalue weighted by Crippen LogP contribution is 2.42. The number of nitrogens with zero attached hydrogens (tertiary/aromatic N) is 3. The van der Waals surface area contributed by atoms with E-state index in [9.17, 15) is 18.8 Å². The van der Waals surface area contributed by atoms with Crippen molar-refractivity contribution in [2.45, 2.75) is 76.4 Å². The Bertz CT molecular complexity index is 1660. The number of hydrogen-bond donors (Lipinski definition) is 2. The Kier molecular flexibility index (Phi) is 8.74. The van der Waals surface area contributed by atoms with Crippen molar-refractivity contribution >= 4 is 17.6 Å². The van der Waals surface area contributed by atoms with E-state index in [1.54, 1.807) is 42.0 Å². The Morgan fingerprint density at radius 1 is 1.04 bits per heavy atom. The second-order valence-corrected chi connectivity index (χ2v) is 12.4. The maximum absolute atomic E-state index is 13.7. The quantitative estimate of drug-likeness (QED) is 0.303. The molecule has 6 rings (SSSR count). The second-order valence-electron chi connectivity index (χ2n) is 12.4. The van der Waals surface area contributed by atoms with Crippen LogP contribution in [0.5, 0.6) is 5.75 Å². The summed E-state index contributed by atoms with van der Waals surface area (Å²) in [7, 11) is 3.19. The first-order valence-corrected chi connectivity index (χ1v) is 15.6. The molecule has 0 radical (unpaired) electrons. The van der Waals surface area contributed by atoms with Crippen molar-refractivity contribution < 1.29 is 23.5 Å². The van der Waals surface area contributed by atoms with E-state index in [-0.39, 0.29) is 54.2 Å². The van der Waals surface area contributed by atoms with Gasteiger partial charge in [-0.15, -0.1) is 0 Å². The summed E-state index contributed by atoms with van der Waals surface area (Å²) in [4.78, 5) is 46.8. The van der Waals surface area contributed by atoms with E-state index in [1.165, 1.54) is 12.0 Å². The zero-order valence-corrected chi connectivity index (χ0v) is 26.1. The van der Waals surface area contributed by atoms with Crippen molar-refractivity contribution in [1.82, 2.24) is 19.8 Å². The molecule has 2 aromatic heterocycles. The van der Waals surface area contributed by atoms with E-state index in [1.807, 2.05) is 26.1 Å². The fourth-order valence-electron chi connectivity index (χ4n) is 5.58. The SMILES string of the molecule is COc1ccc(-c2cc(NC(=O)c3cc(CN[C@@H](C)[C@H](C)OC)cn(C4CC4)c3=O)nc(C3CC3)c2)c(C(=O)N2CC(F)C2)c1. The van der Waals surface area contributed by atoms with Gasteiger partial charge in [0.05, 0.1) is 31.9 Å². The van der Waals surface area contributed by atoms with Crippen LogP contribution in [0.4, 0.5) is 10.2 Å². The average Bonchev–Trinajstić information content (AvgIpc) is 3.95. The van der Waals surface area contributed by atoms with Crippen LogP contribution < -0.4 is 20.9 Å². The van der Waals surface area contributed by atoms with Crippen molar-refractivity contribution in [3.8, 4) is 16.9 Å². The van der Waals surface area contributed by atoms with Gasteiger partial charge in [0.1, 0.15) is 23.3 Å². The lowest BCUT2D eigenvalue weighted by atomic mass is 9.96. The molecule has 1 aliphatic heterocycles. The molecule has 11 heteroatoms. The van der Waals surface area contributed by atoms with Gasteiger partial charge in [0, 0.05) is 43.5 Å². The van der Waals surface area contributed by atoms with Gasteiger partial charge in [0.25, 0.3) is 17.4 Å². The molecule has 2 N–H and O–H groups in total. The number of benzene rings is 1. The van der Waals surface area contributed by atoms with Gasteiger partial charge in [-0.25, -0.2) is 9.37 Å². The molecule has 1 aromatic carbocycles. The summed E-state index contributed by atoms with van der Waals surface area (Å²) in [5.41, 5.74) is 3.05. The molecular weight excluding hydrogens is 577 g/mol. The van der Waals surface area contributed by atoms with E-state index in [0.29, 0.717) is 34.8 Å². The first kappa shape index (κ1) is 30.9. The van der Waals surface area contributed by atoms with Gasteiger partial charge in [-0.05, 0) is 92.6 Å². The highest BCUT2D eigenvalue weighted by molar-refractivity contribution is 6.05. The minimum atomic E-state index is -1.02. The Hall–Kier alpha value is -4.09. The number of anilines is 1. The molecule has 45 heavy (non-hydrogen) atoms. The van der Waals surface area contributed by atoms with Gasteiger partial charge in [-0.2, -0.15) is 0 Å². The molecule has 3 fully saturated rings. The first-order valence-electron chi connectivity index (χ1n) is 15.6. The zero-order valence-electron chi connectivity index (χ0n) is 26.1. The predicted octanol–water partition coefficient (Wildman–Crippen LogP) is 4.69. The molecule has 238 valence electrons. The molecule has 2 atom stereocenters. The predicted molar refractivity (Wildman–Crippen MR) is 169 cm³/mol. The summed E-state index contributed by atoms with van der Waals surface area (Å²) < 4.78 is 26.1. The molecule has 2 aliphatic carbocycles.